The van der Waals surface area contributed by atoms with E-state index >= 15 is 0 Å². The van der Waals surface area contributed by atoms with Gasteiger partial charge in [0, 0.05) is 0 Å². The minimum atomic E-state index is -0.836. The zero-order chi connectivity index (χ0) is 13.1. The molecule has 0 aromatic heterocycles. The molecular weight excluding hydrogens is 212 g/mol. The molecule has 94 valence electrons. The first-order valence-corrected chi connectivity index (χ1v) is 6.03. The molecule has 17 heavy (non-hydrogen) atoms. The highest BCUT2D eigenvalue weighted by atomic mass is 16.2. The van der Waals surface area contributed by atoms with Crippen molar-refractivity contribution in [2.24, 2.45) is 5.73 Å². The number of nitrogens with one attached hydrogen (secondary N) is 1. The number of hydrogen-bond acceptors (Lipinski definition) is 2. The summed E-state index contributed by atoms with van der Waals surface area (Å²) in [6.07, 6.45) is 1.02. The van der Waals surface area contributed by atoms with Crippen LogP contribution < -0.4 is 11.1 Å². The lowest BCUT2D eigenvalue weighted by Crippen LogP contribution is -2.49. The fourth-order valence-electron chi connectivity index (χ4n) is 1.51. The Morgan fingerprint density at radius 3 is 2.29 bits per heavy atom. The van der Waals surface area contributed by atoms with Gasteiger partial charge in [-0.25, -0.2) is 0 Å². The van der Waals surface area contributed by atoms with Crippen molar-refractivity contribution in [1.82, 2.24) is 5.32 Å². The van der Waals surface area contributed by atoms with Crippen molar-refractivity contribution in [3.63, 3.8) is 0 Å². The van der Waals surface area contributed by atoms with Crippen molar-refractivity contribution < 1.29 is 4.79 Å². The summed E-state index contributed by atoms with van der Waals surface area (Å²) < 4.78 is 0. The highest BCUT2D eigenvalue weighted by Gasteiger charge is 2.23. The van der Waals surface area contributed by atoms with E-state index in [0.29, 0.717) is 0 Å². The van der Waals surface area contributed by atoms with Gasteiger partial charge in [-0.1, -0.05) is 31.2 Å². The third-order valence-corrected chi connectivity index (χ3v) is 2.82. The molecule has 0 aliphatic rings. The van der Waals surface area contributed by atoms with Gasteiger partial charge in [-0.15, -0.1) is 0 Å². The van der Waals surface area contributed by atoms with E-state index in [1.165, 1.54) is 5.56 Å². The number of benzene rings is 1. The van der Waals surface area contributed by atoms with Crippen molar-refractivity contribution in [3.05, 3.63) is 35.4 Å². The van der Waals surface area contributed by atoms with Crippen LogP contribution in [-0.4, -0.2) is 11.4 Å². The highest BCUT2D eigenvalue weighted by Crippen LogP contribution is 2.14. The quantitative estimate of drug-likeness (QED) is 0.838. The van der Waals surface area contributed by atoms with Crippen LogP contribution in [0.3, 0.4) is 0 Å². The second-order valence-electron chi connectivity index (χ2n) is 5.01. The summed E-state index contributed by atoms with van der Waals surface area (Å²) in [6.45, 7) is 7.49. The van der Waals surface area contributed by atoms with Crippen molar-refractivity contribution in [3.8, 4) is 0 Å². The molecule has 3 nitrogen and oxygen atoms in total. The minimum absolute atomic E-state index is 0.0174. The lowest BCUT2D eigenvalue weighted by molar-refractivity contribution is -0.125. The molecule has 0 fully saturated rings. The number of hydrogen-bond donors (Lipinski definition) is 2. The van der Waals surface area contributed by atoms with Crippen LogP contribution in [0.15, 0.2) is 24.3 Å². The molecule has 1 aromatic rings. The van der Waals surface area contributed by atoms with Crippen molar-refractivity contribution in [2.45, 2.75) is 45.7 Å². The van der Waals surface area contributed by atoms with Crippen LogP contribution in [0, 0.1) is 0 Å². The van der Waals surface area contributed by atoms with E-state index in [2.05, 4.69) is 24.4 Å². The van der Waals surface area contributed by atoms with Crippen LogP contribution in [0.2, 0.25) is 0 Å². The molecule has 0 spiro atoms. The summed E-state index contributed by atoms with van der Waals surface area (Å²) in [6, 6.07) is 8.26. The summed E-state index contributed by atoms with van der Waals surface area (Å²) in [5, 5.41) is 2.91. The number of rotatable bonds is 4. The zero-order valence-corrected chi connectivity index (χ0v) is 11.1. The number of amides is 1. The summed E-state index contributed by atoms with van der Waals surface area (Å²) in [5.74, 6) is -0.135. The molecule has 0 heterocycles. The van der Waals surface area contributed by atoms with Crippen LogP contribution >= 0.6 is 0 Å². The Kier molecular flexibility index (Phi) is 4.29. The number of aryl methyl sites for hydroxylation is 1. The number of nitrogens with two attached hydrogens (primary N) is 1. The highest BCUT2D eigenvalue weighted by molar-refractivity contribution is 5.85. The molecule has 1 atom stereocenters. The summed E-state index contributed by atoms with van der Waals surface area (Å²) in [5.41, 5.74) is 7.30. The van der Waals surface area contributed by atoms with Gasteiger partial charge in [0.2, 0.25) is 5.91 Å². The molecule has 1 aromatic carbocycles. The Hall–Kier alpha value is -1.35. The Morgan fingerprint density at radius 2 is 1.88 bits per heavy atom. The average molecular weight is 234 g/mol. The van der Waals surface area contributed by atoms with Gasteiger partial charge in [-0.3, -0.25) is 4.79 Å². The van der Waals surface area contributed by atoms with E-state index in [0.717, 1.165) is 12.0 Å². The van der Waals surface area contributed by atoms with E-state index in [4.69, 9.17) is 5.73 Å². The molecule has 0 radical (unpaired) electrons. The normalized spacial score (nSPS) is 13.2. The number of carbonyl (C=O) groups excluding carboxylic acids is 1. The summed E-state index contributed by atoms with van der Waals surface area (Å²) in [4.78, 5) is 11.7. The molecule has 0 saturated carbocycles. The van der Waals surface area contributed by atoms with Crippen LogP contribution in [0.1, 0.15) is 44.9 Å². The minimum Gasteiger partial charge on any atom is -0.348 e. The van der Waals surface area contributed by atoms with Crippen molar-refractivity contribution >= 4 is 5.91 Å². The molecule has 1 rings (SSSR count). The van der Waals surface area contributed by atoms with Crippen molar-refractivity contribution in [1.29, 1.82) is 0 Å². The predicted molar refractivity (Wildman–Crippen MR) is 70.6 cm³/mol. The maximum absolute atomic E-state index is 11.7. The Balaban J connectivity index is 2.70. The van der Waals surface area contributed by atoms with Gasteiger partial charge in [0.05, 0.1) is 11.6 Å². The third-order valence-electron chi connectivity index (χ3n) is 2.82. The largest absolute Gasteiger partial charge is 0.348 e. The van der Waals surface area contributed by atoms with Crippen molar-refractivity contribution in [2.75, 3.05) is 0 Å². The Bertz CT molecular complexity index is 376. The summed E-state index contributed by atoms with van der Waals surface area (Å²) >= 11 is 0. The molecule has 1 unspecified atom stereocenters. The predicted octanol–water partition coefficient (Wildman–Crippen LogP) is 2.16. The van der Waals surface area contributed by atoms with Gasteiger partial charge in [-0.2, -0.15) is 0 Å². The van der Waals surface area contributed by atoms with Crippen LogP contribution in [0.4, 0.5) is 0 Å². The average Bonchev–Trinajstić information content (AvgIpc) is 2.27. The first-order chi connectivity index (χ1) is 7.84. The Morgan fingerprint density at radius 1 is 1.35 bits per heavy atom. The van der Waals surface area contributed by atoms with Gasteiger partial charge in [0.1, 0.15) is 0 Å². The first kappa shape index (κ1) is 13.7. The van der Waals surface area contributed by atoms with Crippen LogP contribution in [-0.2, 0) is 11.2 Å². The molecule has 0 aliphatic heterocycles. The molecular formula is C14H22N2O. The lowest BCUT2D eigenvalue weighted by atomic mass is 10.0. The smallest absolute Gasteiger partial charge is 0.239 e. The van der Waals surface area contributed by atoms with Crippen LogP contribution in [0.25, 0.3) is 0 Å². The topological polar surface area (TPSA) is 55.1 Å². The third kappa shape index (κ3) is 3.86. The van der Waals surface area contributed by atoms with E-state index < -0.39 is 5.54 Å². The second-order valence-corrected chi connectivity index (χ2v) is 5.01. The maximum Gasteiger partial charge on any atom is 0.239 e. The van der Waals surface area contributed by atoms with Gasteiger partial charge in [0.25, 0.3) is 0 Å². The van der Waals surface area contributed by atoms with Gasteiger partial charge < -0.3 is 11.1 Å². The van der Waals surface area contributed by atoms with Crippen LogP contribution in [0.5, 0.6) is 0 Å². The SMILES string of the molecule is CCc1ccc(C(C)NC(=O)C(C)(C)N)cc1. The maximum atomic E-state index is 11.7. The first-order valence-electron chi connectivity index (χ1n) is 6.03. The van der Waals surface area contributed by atoms with Gasteiger partial charge in [0.15, 0.2) is 0 Å². The fourth-order valence-corrected chi connectivity index (χ4v) is 1.51. The molecule has 0 aliphatic carbocycles. The van der Waals surface area contributed by atoms with E-state index in [1.807, 2.05) is 19.1 Å². The zero-order valence-electron chi connectivity index (χ0n) is 11.1. The monoisotopic (exact) mass is 234 g/mol. The second kappa shape index (κ2) is 5.32. The number of carbonyl (C=O) groups is 1. The summed E-state index contributed by atoms with van der Waals surface area (Å²) in [7, 11) is 0. The molecule has 3 heteroatoms. The molecule has 3 N–H and O–H groups in total. The fraction of sp³-hybridized carbons (Fsp3) is 0.500. The molecule has 0 bridgehead atoms. The van der Waals surface area contributed by atoms with E-state index in [9.17, 15) is 4.79 Å². The van der Waals surface area contributed by atoms with E-state index in [1.54, 1.807) is 13.8 Å². The molecule has 1 amide bonds. The van der Waals surface area contributed by atoms with E-state index in [-0.39, 0.29) is 11.9 Å². The Labute approximate surface area is 103 Å². The standard InChI is InChI=1S/C14H22N2O/c1-5-11-6-8-12(9-7-11)10(2)16-13(17)14(3,4)15/h6-10H,5,15H2,1-4H3,(H,16,17). The van der Waals surface area contributed by atoms with Gasteiger partial charge >= 0.3 is 0 Å². The van der Waals surface area contributed by atoms with Gasteiger partial charge in [-0.05, 0) is 38.3 Å². The lowest BCUT2D eigenvalue weighted by Gasteiger charge is -2.22. The molecule has 0 saturated heterocycles.